The Morgan fingerprint density at radius 1 is 1.12 bits per heavy atom. The van der Waals surface area contributed by atoms with E-state index in [4.69, 9.17) is 0 Å². The summed E-state index contributed by atoms with van der Waals surface area (Å²) in [6, 6.07) is 1.46. The van der Waals surface area contributed by atoms with Gasteiger partial charge in [0.25, 0.3) is 5.56 Å². The highest BCUT2D eigenvalue weighted by Crippen LogP contribution is 2.52. The first-order valence-electron chi connectivity index (χ1n) is 13.2. The van der Waals surface area contributed by atoms with Crippen LogP contribution in [0.2, 0.25) is 0 Å². The molecule has 0 aromatic carbocycles. The second-order valence-corrected chi connectivity index (χ2v) is 11.7. The summed E-state index contributed by atoms with van der Waals surface area (Å²) in [5.41, 5.74) is -1.05. The SMILES string of the molecule is C[C@H](CC1CCC1)C(=O)N1CCC(O)(Cn2cc(C(=O)O)c(C3CC3)cc2=O)C2(CCCC2)C1. The summed E-state index contributed by atoms with van der Waals surface area (Å²) in [5, 5.41) is 21.7. The molecular formula is C27H38N2O5. The van der Waals surface area contributed by atoms with Crippen LogP contribution in [0.25, 0.3) is 0 Å². The number of hydrogen-bond acceptors (Lipinski definition) is 4. The number of rotatable bonds is 7. The fourth-order valence-electron chi connectivity index (χ4n) is 6.83. The molecule has 3 aliphatic carbocycles. The number of carbonyl (C=O) groups excluding carboxylic acids is 1. The number of carboxylic acids is 1. The van der Waals surface area contributed by atoms with Crippen LogP contribution in [0, 0.1) is 17.3 Å². The van der Waals surface area contributed by atoms with Crippen molar-refractivity contribution in [1.82, 2.24) is 9.47 Å². The van der Waals surface area contributed by atoms with E-state index in [-0.39, 0.29) is 35.4 Å². The molecule has 7 heteroatoms. The Kier molecular flexibility index (Phi) is 6.11. The van der Waals surface area contributed by atoms with E-state index in [9.17, 15) is 24.6 Å². The number of carbonyl (C=O) groups is 2. The monoisotopic (exact) mass is 470 g/mol. The predicted octanol–water partition coefficient (Wildman–Crippen LogP) is 3.77. The molecule has 186 valence electrons. The number of carboxylic acid groups (broad SMARTS) is 1. The molecule has 4 aliphatic rings. The van der Waals surface area contributed by atoms with Gasteiger partial charge < -0.3 is 19.7 Å². The van der Waals surface area contributed by atoms with Crippen molar-refractivity contribution in [2.24, 2.45) is 17.3 Å². The zero-order valence-corrected chi connectivity index (χ0v) is 20.3. The minimum Gasteiger partial charge on any atom is -0.478 e. The molecule has 5 rings (SSSR count). The highest BCUT2D eigenvalue weighted by atomic mass is 16.4. The van der Waals surface area contributed by atoms with Crippen LogP contribution >= 0.6 is 0 Å². The van der Waals surface area contributed by atoms with Crippen molar-refractivity contribution in [3.8, 4) is 0 Å². The normalized spacial score (nSPS) is 27.5. The van der Waals surface area contributed by atoms with Gasteiger partial charge in [-0.1, -0.05) is 39.0 Å². The molecule has 1 aromatic rings. The molecule has 1 spiro atoms. The van der Waals surface area contributed by atoms with Crippen LogP contribution in [0.1, 0.15) is 99.4 Å². The van der Waals surface area contributed by atoms with Gasteiger partial charge in [-0.15, -0.1) is 0 Å². The van der Waals surface area contributed by atoms with Crippen molar-refractivity contribution in [3.05, 3.63) is 33.7 Å². The maximum absolute atomic E-state index is 13.3. The standard InChI is InChI=1S/C27H38N2O5/c1-18(13-19-5-4-6-19)24(31)28-12-11-27(34,26(16-28)9-2-3-10-26)17-29-15-22(25(32)33)21(14-23(29)30)20-7-8-20/h14-15,18-20,34H,2-13,16-17H2,1H3,(H,32,33)/t18-,27?/m1/s1. The lowest BCUT2D eigenvalue weighted by molar-refractivity contribution is -0.163. The molecule has 2 N–H and O–H groups in total. The van der Waals surface area contributed by atoms with Gasteiger partial charge in [-0.25, -0.2) is 4.79 Å². The molecule has 1 aliphatic heterocycles. The summed E-state index contributed by atoms with van der Waals surface area (Å²) in [4.78, 5) is 40.1. The minimum atomic E-state index is -1.14. The largest absolute Gasteiger partial charge is 0.478 e. The van der Waals surface area contributed by atoms with Crippen molar-refractivity contribution < 1.29 is 19.8 Å². The van der Waals surface area contributed by atoms with Crippen molar-refractivity contribution >= 4 is 11.9 Å². The van der Waals surface area contributed by atoms with E-state index in [2.05, 4.69) is 0 Å². The first-order valence-corrected chi connectivity index (χ1v) is 13.2. The van der Waals surface area contributed by atoms with Crippen LogP contribution in [-0.4, -0.2) is 50.2 Å². The van der Waals surface area contributed by atoms with Crippen LogP contribution in [-0.2, 0) is 11.3 Å². The number of hydrogen-bond donors (Lipinski definition) is 2. The van der Waals surface area contributed by atoms with Crippen LogP contribution in [0.15, 0.2) is 17.1 Å². The van der Waals surface area contributed by atoms with E-state index in [0.717, 1.165) is 44.9 Å². The second-order valence-electron chi connectivity index (χ2n) is 11.7. The number of aliphatic hydroxyl groups is 1. The molecule has 1 amide bonds. The molecule has 34 heavy (non-hydrogen) atoms. The zero-order valence-electron chi connectivity index (χ0n) is 20.3. The fourth-order valence-corrected chi connectivity index (χ4v) is 6.83. The molecule has 1 saturated heterocycles. The van der Waals surface area contributed by atoms with Crippen LogP contribution in [0.4, 0.5) is 0 Å². The zero-order chi connectivity index (χ0) is 24.1. The number of piperidine rings is 1. The summed E-state index contributed by atoms with van der Waals surface area (Å²) in [5.74, 6) is 0.00741. The molecule has 2 heterocycles. The number of amides is 1. The summed E-state index contributed by atoms with van der Waals surface area (Å²) in [7, 11) is 0. The Morgan fingerprint density at radius 3 is 2.41 bits per heavy atom. The Balaban J connectivity index is 1.38. The van der Waals surface area contributed by atoms with Crippen molar-refractivity contribution in [2.75, 3.05) is 13.1 Å². The number of nitrogens with zero attached hydrogens (tertiary/aromatic N) is 2. The van der Waals surface area contributed by atoms with Gasteiger partial charge in [0, 0.05) is 36.7 Å². The van der Waals surface area contributed by atoms with Crippen LogP contribution in [0.5, 0.6) is 0 Å². The smallest absolute Gasteiger partial charge is 0.337 e. The predicted molar refractivity (Wildman–Crippen MR) is 128 cm³/mol. The summed E-state index contributed by atoms with van der Waals surface area (Å²) in [6.07, 6.45) is 12.0. The van der Waals surface area contributed by atoms with Gasteiger partial charge in [0.05, 0.1) is 17.7 Å². The van der Waals surface area contributed by atoms with Gasteiger partial charge >= 0.3 is 5.97 Å². The van der Waals surface area contributed by atoms with Gasteiger partial charge in [0.1, 0.15) is 0 Å². The summed E-state index contributed by atoms with van der Waals surface area (Å²) < 4.78 is 1.41. The van der Waals surface area contributed by atoms with Crippen molar-refractivity contribution in [3.63, 3.8) is 0 Å². The van der Waals surface area contributed by atoms with Gasteiger partial charge in [0.15, 0.2) is 0 Å². The topological polar surface area (TPSA) is 99.8 Å². The highest BCUT2D eigenvalue weighted by molar-refractivity contribution is 5.89. The summed E-state index contributed by atoms with van der Waals surface area (Å²) >= 11 is 0. The summed E-state index contributed by atoms with van der Waals surface area (Å²) in [6.45, 7) is 3.12. The number of pyridine rings is 1. The highest BCUT2D eigenvalue weighted by Gasteiger charge is 2.56. The molecule has 7 nitrogen and oxygen atoms in total. The van der Waals surface area contributed by atoms with Gasteiger partial charge in [-0.2, -0.15) is 0 Å². The number of aromatic nitrogens is 1. The lowest BCUT2D eigenvalue weighted by Crippen LogP contribution is -2.62. The lowest BCUT2D eigenvalue weighted by Gasteiger charge is -2.53. The van der Waals surface area contributed by atoms with Crippen molar-refractivity contribution in [1.29, 1.82) is 0 Å². The lowest BCUT2D eigenvalue weighted by atomic mass is 9.65. The van der Waals surface area contributed by atoms with Gasteiger partial charge in [-0.3, -0.25) is 9.59 Å². The quantitative estimate of drug-likeness (QED) is 0.632. The molecular weight excluding hydrogens is 432 g/mol. The molecule has 0 radical (unpaired) electrons. The molecule has 2 atom stereocenters. The maximum Gasteiger partial charge on any atom is 0.337 e. The van der Waals surface area contributed by atoms with E-state index in [1.54, 1.807) is 0 Å². The van der Waals surface area contributed by atoms with Crippen LogP contribution < -0.4 is 5.56 Å². The van der Waals surface area contributed by atoms with Crippen molar-refractivity contribution in [2.45, 2.75) is 95.6 Å². The Hall–Kier alpha value is -2.15. The minimum absolute atomic E-state index is 0.00524. The molecule has 1 aromatic heterocycles. The number of likely N-dealkylation sites (tertiary alicyclic amines) is 1. The average Bonchev–Trinajstić information content (AvgIpc) is 3.51. The fraction of sp³-hybridized carbons (Fsp3) is 0.741. The van der Waals surface area contributed by atoms with E-state index in [1.807, 2.05) is 11.8 Å². The Labute approximate surface area is 201 Å². The first-order chi connectivity index (χ1) is 16.2. The van der Waals surface area contributed by atoms with Gasteiger partial charge in [0.2, 0.25) is 5.91 Å². The van der Waals surface area contributed by atoms with E-state index in [0.29, 0.717) is 31.0 Å². The average molecular weight is 471 g/mol. The van der Waals surface area contributed by atoms with E-state index >= 15 is 0 Å². The first kappa shape index (κ1) is 23.6. The second kappa shape index (κ2) is 8.81. The van der Waals surface area contributed by atoms with Crippen LogP contribution in [0.3, 0.4) is 0 Å². The van der Waals surface area contributed by atoms with E-state index in [1.165, 1.54) is 36.1 Å². The Morgan fingerprint density at radius 2 is 1.82 bits per heavy atom. The third-order valence-corrected chi connectivity index (χ3v) is 9.32. The van der Waals surface area contributed by atoms with Gasteiger partial charge in [-0.05, 0) is 55.9 Å². The molecule has 4 fully saturated rings. The maximum atomic E-state index is 13.3. The third-order valence-electron chi connectivity index (χ3n) is 9.32. The third kappa shape index (κ3) is 4.21. The molecule has 1 unspecified atom stereocenters. The Bertz CT molecular complexity index is 1020. The number of aromatic carboxylic acids is 1. The molecule has 0 bridgehead atoms. The van der Waals surface area contributed by atoms with E-state index < -0.39 is 17.0 Å². The molecule has 3 saturated carbocycles.